The lowest BCUT2D eigenvalue weighted by Crippen LogP contribution is -2.43. The number of aliphatic hydroxyl groups excluding tert-OH is 1. The monoisotopic (exact) mass is 430 g/mol. The molecule has 2 saturated carbocycles. The van der Waals surface area contributed by atoms with Crippen LogP contribution in [0, 0.1) is 24.6 Å². The summed E-state index contributed by atoms with van der Waals surface area (Å²) >= 11 is 0. The third kappa shape index (κ3) is 3.15. The van der Waals surface area contributed by atoms with Gasteiger partial charge in [0.1, 0.15) is 11.4 Å². The standard InChI is InChI=1S/C23H27FN2O5/c1-11-18-15(21(27)16(22(28)29)10-25(18)13-6-7-13)8-17(24)19(11)26-9-12-4-2-3-5-14(12)20(26)23(30)31/h8,10,12-14,20,23,30-31H,2-7,9H2,1H3,(H,28,29)/t12-,14-,20?/m0/s1. The molecule has 1 saturated heterocycles. The summed E-state index contributed by atoms with van der Waals surface area (Å²) in [6, 6.07) is 0.614. The highest BCUT2D eigenvalue weighted by Crippen LogP contribution is 2.46. The van der Waals surface area contributed by atoms with Gasteiger partial charge in [-0.25, -0.2) is 9.18 Å². The molecule has 0 amide bonds. The van der Waals surface area contributed by atoms with Gasteiger partial charge in [0.05, 0.1) is 17.2 Å². The first kappa shape index (κ1) is 20.5. The van der Waals surface area contributed by atoms with Gasteiger partial charge in [-0.3, -0.25) is 4.79 Å². The van der Waals surface area contributed by atoms with Crippen molar-refractivity contribution in [1.29, 1.82) is 0 Å². The molecule has 3 aliphatic rings. The predicted molar refractivity (Wildman–Crippen MR) is 113 cm³/mol. The maximum Gasteiger partial charge on any atom is 0.341 e. The highest BCUT2D eigenvalue weighted by molar-refractivity contribution is 5.95. The van der Waals surface area contributed by atoms with E-state index in [-0.39, 0.29) is 34.5 Å². The zero-order chi connectivity index (χ0) is 22.0. The second kappa shape index (κ2) is 7.31. The molecule has 3 atom stereocenters. The Morgan fingerprint density at radius 2 is 1.90 bits per heavy atom. The Morgan fingerprint density at radius 1 is 1.19 bits per heavy atom. The van der Waals surface area contributed by atoms with Crippen molar-refractivity contribution >= 4 is 22.6 Å². The lowest BCUT2D eigenvalue weighted by Gasteiger charge is -2.34. The second-order valence-electron chi connectivity index (χ2n) is 9.31. The summed E-state index contributed by atoms with van der Waals surface area (Å²) in [5.74, 6) is -1.59. The van der Waals surface area contributed by atoms with Crippen molar-refractivity contribution in [1.82, 2.24) is 4.57 Å². The number of pyridine rings is 1. The number of halogens is 1. The molecule has 2 aliphatic carbocycles. The van der Waals surface area contributed by atoms with Gasteiger partial charge in [0.15, 0.2) is 6.29 Å². The van der Waals surface area contributed by atoms with Crippen molar-refractivity contribution in [2.24, 2.45) is 11.8 Å². The van der Waals surface area contributed by atoms with Crippen molar-refractivity contribution < 1.29 is 24.5 Å². The van der Waals surface area contributed by atoms with Crippen LogP contribution in [0.5, 0.6) is 0 Å². The van der Waals surface area contributed by atoms with E-state index < -0.39 is 29.5 Å². The second-order valence-corrected chi connectivity index (χ2v) is 9.31. The Bertz CT molecular complexity index is 1120. The van der Waals surface area contributed by atoms with Crippen molar-refractivity contribution in [2.75, 3.05) is 11.4 Å². The van der Waals surface area contributed by atoms with Gasteiger partial charge in [-0.05, 0) is 56.1 Å². The molecule has 166 valence electrons. The number of aromatic carboxylic acids is 1. The molecular formula is C23H27FN2O5. The minimum atomic E-state index is -1.59. The molecule has 8 heteroatoms. The molecule has 3 N–H and O–H groups in total. The molecule has 0 bridgehead atoms. The van der Waals surface area contributed by atoms with E-state index in [2.05, 4.69) is 0 Å². The first-order chi connectivity index (χ1) is 14.8. The third-order valence-electron chi connectivity index (χ3n) is 7.44. The van der Waals surface area contributed by atoms with Crippen LogP contribution < -0.4 is 10.3 Å². The van der Waals surface area contributed by atoms with Gasteiger partial charge in [-0.15, -0.1) is 0 Å². The minimum Gasteiger partial charge on any atom is -0.477 e. The number of carboxylic acid groups (broad SMARTS) is 1. The Morgan fingerprint density at radius 3 is 2.55 bits per heavy atom. The predicted octanol–water partition coefficient (Wildman–Crippen LogP) is 2.79. The molecule has 1 aliphatic heterocycles. The lowest BCUT2D eigenvalue weighted by molar-refractivity contribution is -0.0710. The smallest absolute Gasteiger partial charge is 0.341 e. The van der Waals surface area contributed by atoms with Crippen LogP contribution in [0.3, 0.4) is 0 Å². The summed E-state index contributed by atoms with van der Waals surface area (Å²) in [6.45, 7) is 2.28. The third-order valence-corrected chi connectivity index (χ3v) is 7.44. The topological polar surface area (TPSA) is 103 Å². The summed E-state index contributed by atoms with van der Waals surface area (Å²) in [7, 11) is 0. The fourth-order valence-electron chi connectivity index (χ4n) is 5.96. The highest BCUT2D eigenvalue weighted by Gasteiger charge is 2.47. The number of hydrogen-bond donors (Lipinski definition) is 3. The number of benzene rings is 1. The van der Waals surface area contributed by atoms with E-state index in [1.807, 2.05) is 0 Å². The minimum absolute atomic E-state index is 0.0586. The summed E-state index contributed by atoms with van der Waals surface area (Å²) in [4.78, 5) is 26.2. The van der Waals surface area contributed by atoms with E-state index in [1.54, 1.807) is 16.4 Å². The quantitative estimate of drug-likeness (QED) is 0.645. The molecule has 2 aromatic rings. The molecule has 1 aromatic heterocycles. The van der Waals surface area contributed by atoms with Gasteiger partial charge < -0.3 is 24.8 Å². The lowest BCUT2D eigenvalue weighted by atomic mass is 9.78. The molecule has 7 nitrogen and oxygen atoms in total. The first-order valence-corrected chi connectivity index (χ1v) is 11.0. The molecule has 2 heterocycles. The molecule has 0 spiro atoms. The Hall–Kier alpha value is -2.45. The Labute approximate surface area is 178 Å². The molecule has 1 aromatic carbocycles. The zero-order valence-electron chi connectivity index (χ0n) is 17.4. The number of aromatic nitrogens is 1. The van der Waals surface area contributed by atoms with E-state index in [9.17, 15) is 24.9 Å². The highest BCUT2D eigenvalue weighted by atomic mass is 19.1. The van der Waals surface area contributed by atoms with Crippen LogP contribution >= 0.6 is 0 Å². The van der Waals surface area contributed by atoms with Crippen LogP contribution in [0.2, 0.25) is 0 Å². The molecule has 31 heavy (non-hydrogen) atoms. The zero-order valence-corrected chi connectivity index (χ0v) is 17.4. The van der Waals surface area contributed by atoms with Crippen molar-refractivity contribution in [3.8, 4) is 0 Å². The Kier molecular flexibility index (Phi) is 4.82. The molecule has 5 rings (SSSR count). The largest absolute Gasteiger partial charge is 0.477 e. The van der Waals surface area contributed by atoms with Crippen molar-refractivity contribution in [2.45, 2.75) is 63.8 Å². The maximum absolute atomic E-state index is 15.5. The van der Waals surface area contributed by atoms with Crippen LogP contribution in [0.1, 0.15) is 60.5 Å². The van der Waals surface area contributed by atoms with Crippen molar-refractivity contribution in [3.05, 3.63) is 39.4 Å². The van der Waals surface area contributed by atoms with Crippen molar-refractivity contribution in [3.63, 3.8) is 0 Å². The number of aryl methyl sites for hydroxylation is 1. The van der Waals surface area contributed by atoms with Crippen LogP contribution in [-0.4, -0.2) is 44.7 Å². The van der Waals surface area contributed by atoms with E-state index >= 15 is 4.39 Å². The summed E-state index contributed by atoms with van der Waals surface area (Å²) < 4.78 is 17.3. The molecule has 1 unspecified atom stereocenters. The van der Waals surface area contributed by atoms with Crippen LogP contribution in [-0.2, 0) is 0 Å². The average Bonchev–Trinajstić information content (AvgIpc) is 3.48. The van der Waals surface area contributed by atoms with Gasteiger partial charge >= 0.3 is 5.97 Å². The summed E-state index contributed by atoms with van der Waals surface area (Å²) in [5, 5.41) is 29.9. The first-order valence-electron chi connectivity index (χ1n) is 11.0. The van der Waals surface area contributed by atoms with E-state index in [0.29, 0.717) is 17.6 Å². The average molecular weight is 430 g/mol. The molecule has 0 radical (unpaired) electrons. The number of fused-ring (bicyclic) bond motifs is 2. The summed E-state index contributed by atoms with van der Waals surface area (Å²) in [6.07, 6.45) is 5.49. The van der Waals surface area contributed by atoms with Crippen LogP contribution in [0.25, 0.3) is 10.9 Å². The fourth-order valence-corrected chi connectivity index (χ4v) is 5.96. The van der Waals surface area contributed by atoms with E-state index in [4.69, 9.17) is 0 Å². The SMILES string of the molecule is Cc1c(N2C[C@@H]3CCCC[C@@H]3C2C(O)O)c(F)cc2c(=O)c(C(=O)O)cn(C3CC3)c12. The van der Waals surface area contributed by atoms with E-state index in [0.717, 1.165) is 44.6 Å². The van der Waals surface area contributed by atoms with Gasteiger partial charge in [0, 0.05) is 24.2 Å². The number of aliphatic hydroxyl groups is 2. The normalized spacial score (nSPS) is 26.0. The maximum atomic E-state index is 15.5. The molecular weight excluding hydrogens is 403 g/mol. The number of carbonyl (C=O) groups is 1. The molecule has 3 fully saturated rings. The number of rotatable bonds is 4. The van der Waals surface area contributed by atoms with Crippen LogP contribution in [0.15, 0.2) is 17.1 Å². The van der Waals surface area contributed by atoms with Gasteiger partial charge in [0.25, 0.3) is 0 Å². The van der Waals surface area contributed by atoms with Gasteiger partial charge in [-0.2, -0.15) is 0 Å². The number of hydrogen-bond acceptors (Lipinski definition) is 5. The summed E-state index contributed by atoms with van der Waals surface area (Å²) in [5.41, 5.74) is 0.315. The fraction of sp³-hybridized carbons (Fsp3) is 0.565. The van der Waals surface area contributed by atoms with E-state index in [1.165, 1.54) is 6.20 Å². The van der Waals surface area contributed by atoms with Gasteiger partial charge in [-0.1, -0.05) is 12.8 Å². The van der Waals surface area contributed by atoms with Gasteiger partial charge in [0.2, 0.25) is 5.43 Å². The Balaban J connectivity index is 1.73. The number of nitrogens with zero attached hydrogens (tertiary/aromatic N) is 2. The number of anilines is 1. The number of carboxylic acids is 1. The van der Waals surface area contributed by atoms with Crippen LogP contribution in [0.4, 0.5) is 10.1 Å².